The number of hydrogen-bond acceptors (Lipinski definition) is 4. The van der Waals surface area contributed by atoms with Gasteiger partial charge in [0.15, 0.2) is 0 Å². The summed E-state index contributed by atoms with van der Waals surface area (Å²) in [7, 11) is 0. The van der Waals surface area contributed by atoms with E-state index in [0.717, 1.165) is 36.6 Å². The second kappa shape index (κ2) is 9.00. The summed E-state index contributed by atoms with van der Waals surface area (Å²) in [6.07, 6.45) is 1.35. The average Bonchev–Trinajstić information content (AvgIpc) is 3.10. The molecule has 1 saturated heterocycles. The van der Waals surface area contributed by atoms with Gasteiger partial charge in [-0.3, -0.25) is 4.79 Å². The van der Waals surface area contributed by atoms with Gasteiger partial charge in [0.25, 0.3) is 0 Å². The molecule has 28 heavy (non-hydrogen) atoms. The first-order valence-corrected chi connectivity index (χ1v) is 9.96. The summed E-state index contributed by atoms with van der Waals surface area (Å²) in [5, 5.41) is 2.89. The maximum atomic E-state index is 11.2. The fourth-order valence-corrected chi connectivity index (χ4v) is 3.48. The number of ether oxygens (including phenoxy) is 2. The third-order valence-electron chi connectivity index (χ3n) is 4.82. The highest BCUT2D eigenvalue weighted by molar-refractivity contribution is 5.73. The van der Waals surface area contributed by atoms with Gasteiger partial charge in [0.1, 0.15) is 17.6 Å². The summed E-state index contributed by atoms with van der Waals surface area (Å²) in [6.45, 7) is 9.42. The Morgan fingerprint density at radius 3 is 2.29 bits per heavy atom. The van der Waals surface area contributed by atoms with Crippen LogP contribution in [0.2, 0.25) is 0 Å². The molecule has 0 saturated carbocycles. The number of nitrogens with zero attached hydrogens (tertiary/aromatic N) is 1. The molecule has 150 valence electrons. The van der Waals surface area contributed by atoms with Gasteiger partial charge in [-0.2, -0.15) is 0 Å². The SMILES string of the molecule is CC(=O)N[C@@H](C)c1ccc(OC2CCN(c3ccc(OC(C)C)cc3)C2)cc1. The number of nitrogens with one attached hydrogen (secondary N) is 1. The Kier molecular flexibility index (Phi) is 6.45. The van der Waals surface area contributed by atoms with E-state index in [4.69, 9.17) is 9.47 Å². The molecule has 1 amide bonds. The lowest BCUT2D eigenvalue weighted by atomic mass is 10.1. The number of carbonyl (C=O) groups is 1. The lowest BCUT2D eigenvalue weighted by Crippen LogP contribution is -2.24. The largest absolute Gasteiger partial charge is 0.491 e. The molecule has 1 fully saturated rings. The second-order valence-corrected chi connectivity index (χ2v) is 7.63. The summed E-state index contributed by atoms with van der Waals surface area (Å²) in [5.41, 5.74) is 2.26. The molecule has 1 heterocycles. The molecule has 1 N–H and O–H groups in total. The molecular formula is C23H30N2O3. The predicted octanol–water partition coefficient (Wildman–Crippen LogP) is 4.33. The van der Waals surface area contributed by atoms with Crippen molar-refractivity contribution in [2.24, 2.45) is 0 Å². The van der Waals surface area contributed by atoms with Gasteiger partial charge in [-0.1, -0.05) is 12.1 Å². The van der Waals surface area contributed by atoms with Gasteiger partial charge < -0.3 is 19.7 Å². The molecule has 1 aliphatic rings. The molecule has 1 unspecified atom stereocenters. The normalized spacial score (nSPS) is 17.5. The number of hydrogen-bond donors (Lipinski definition) is 1. The molecule has 0 aliphatic carbocycles. The Bertz CT molecular complexity index is 771. The maximum absolute atomic E-state index is 11.2. The number of rotatable bonds is 7. The van der Waals surface area contributed by atoms with Crippen molar-refractivity contribution in [3.8, 4) is 11.5 Å². The standard InChI is InChI=1S/C23H30N2O3/c1-16(2)27-21-11-7-20(8-12-21)25-14-13-23(15-25)28-22-9-5-19(6-10-22)17(3)24-18(4)26/h5-12,16-17,23H,13-15H2,1-4H3,(H,24,26)/t17-,23?/m0/s1. The fraction of sp³-hybridized carbons (Fsp3) is 0.435. The average molecular weight is 383 g/mol. The Morgan fingerprint density at radius 2 is 1.68 bits per heavy atom. The first kappa shape index (κ1) is 20.1. The molecule has 1 aliphatic heterocycles. The molecule has 2 atom stereocenters. The quantitative estimate of drug-likeness (QED) is 0.774. The first-order chi connectivity index (χ1) is 13.4. The maximum Gasteiger partial charge on any atom is 0.217 e. The number of anilines is 1. The fourth-order valence-electron chi connectivity index (χ4n) is 3.48. The Morgan fingerprint density at radius 1 is 1.04 bits per heavy atom. The van der Waals surface area contributed by atoms with Crippen molar-refractivity contribution in [2.75, 3.05) is 18.0 Å². The molecule has 2 aromatic rings. The third kappa shape index (κ3) is 5.41. The van der Waals surface area contributed by atoms with E-state index < -0.39 is 0 Å². The summed E-state index contributed by atoms with van der Waals surface area (Å²) < 4.78 is 11.9. The lowest BCUT2D eigenvalue weighted by molar-refractivity contribution is -0.119. The van der Waals surface area contributed by atoms with Crippen molar-refractivity contribution >= 4 is 11.6 Å². The molecule has 0 bridgehead atoms. The van der Waals surface area contributed by atoms with Gasteiger partial charge in [-0.15, -0.1) is 0 Å². The van der Waals surface area contributed by atoms with E-state index >= 15 is 0 Å². The van der Waals surface area contributed by atoms with Crippen LogP contribution < -0.4 is 19.7 Å². The van der Waals surface area contributed by atoms with Gasteiger partial charge in [0.05, 0.1) is 18.7 Å². The molecule has 0 spiro atoms. The zero-order valence-electron chi connectivity index (χ0n) is 17.1. The minimum atomic E-state index is -0.0253. The minimum absolute atomic E-state index is 0.00355. The highest BCUT2D eigenvalue weighted by atomic mass is 16.5. The topological polar surface area (TPSA) is 50.8 Å². The smallest absolute Gasteiger partial charge is 0.217 e. The summed E-state index contributed by atoms with van der Waals surface area (Å²) in [4.78, 5) is 13.5. The van der Waals surface area contributed by atoms with E-state index in [2.05, 4.69) is 22.3 Å². The summed E-state index contributed by atoms with van der Waals surface area (Å²) in [5.74, 6) is 1.74. The van der Waals surface area contributed by atoms with Crippen molar-refractivity contribution < 1.29 is 14.3 Å². The van der Waals surface area contributed by atoms with Crippen LogP contribution in [0.1, 0.15) is 45.7 Å². The zero-order valence-corrected chi connectivity index (χ0v) is 17.1. The summed E-state index contributed by atoms with van der Waals surface area (Å²) >= 11 is 0. The van der Waals surface area contributed by atoms with E-state index in [-0.39, 0.29) is 24.2 Å². The van der Waals surface area contributed by atoms with Crippen LogP contribution in [0.3, 0.4) is 0 Å². The Hall–Kier alpha value is -2.69. The van der Waals surface area contributed by atoms with Crippen molar-refractivity contribution in [1.82, 2.24) is 5.32 Å². The van der Waals surface area contributed by atoms with Crippen LogP contribution in [0.4, 0.5) is 5.69 Å². The van der Waals surface area contributed by atoms with Crippen LogP contribution in [-0.2, 0) is 4.79 Å². The Labute approximate surface area is 167 Å². The summed E-state index contributed by atoms with van der Waals surface area (Å²) in [6, 6.07) is 16.2. The molecule has 3 rings (SSSR count). The van der Waals surface area contributed by atoms with Crippen LogP contribution in [0.15, 0.2) is 48.5 Å². The molecule has 2 aromatic carbocycles. The monoisotopic (exact) mass is 382 g/mol. The molecular weight excluding hydrogens is 352 g/mol. The van der Waals surface area contributed by atoms with Crippen molar-refractivity contribution in [3.05, 3.63) is 54.1 Å². The minimum Gasteiger partial charge on any atom is -0.491 e. The van der Waals surface area contributed by atoms with Crippen LogP contribution in [0, 0.1) is 0 Å². The zero-order chi connectivity index (χ0) is 20.1. The molecule has 0 radical (unpaired) electrons. The van der Waals surface area contributed by atoms with E-state index in [1.165, 1.54) is 12.6 Å². The number of benzene rings is 2. The Balaban J connectivity index is 1.53. The number of carbonyl (C=O) groups excluding carboxylic acids is 1. The van der Waals surface area contributed by atoms with E-state index in [0.29, 0.717) is 0 Å². The van der Waals surface area contributed by atoms with E-state index in [1.54, 1.807) is 0 Å². The predicted molar refractivity (Wildman–Crippen MR) is 112 cm³/mol. The van der Waals surface area contributed by atoms with Crippen molar-refractivity contribution in [1.29, 1.82) is 0 Å². The first-order valence-electron chi connectivity index (χ1n) is 9.96. The van der Waals surface area contributed by atoms with Crippen molar-refractivity contribution in [2.45, 2.75) is 52.4 Å². The third-order valence-corrected chi connectivity index (χ3v) is 4.82. The van der Waals surface area contributed by atoms with Gasteiger partial charge in [0, 0.05) is 25.6 Å². The van der Waals surface area contributed by atoms with Gasteiger partial charge in [0.2, 0.25) is 5.91 Å². The highest BCUT2D eigenvalue weighted by Crippen LogP contribution is 2.26. The van der Waals surface area contributed by atoms with Crippen LogP contribution in [-0.4, -0.2) is 31.2 Å². The van der Waals surface area contributed by atoms with Crippen LogP contribution in [0.25, 0.3) is 0 Å². The van der Waals surface area contributed by atoms with Crippen molar-refractivity contribution in [3.63, 3.8) is 0 Å². The van der Waals surface area contributed by atoms with Gasteiger partial charge in [-0.25, -0.2) is 0 Å². The number of amides is 1. The second-order valence-electron chi connectivity index (χ2n) is 7.63. The van der Waals surface area contributed by atoms with E-state index in [9.17, 15) is 4.79 Å². The van der Waals surface area contributed by atoms with Gasteiger partial charge in [-0.05, 0) is 62.7 Å². The van der Waals surface area contributed by atoms with Crippen LogP contribution in [0.5, 0.6) is 11.5 Å². The molecule has 0 aromatic heterocycles. The van der Waals surface area contributed by atoms with E-state index in [1.807, 2.05) is 57.2 Å². The molecule has 5 heteroatoms. The molecule has 5 nitrogen and oxygen atoms in total. The lowest BCUT2D eigenvalue weighted by Gasteiger charge is -2.20. The highest BCUT2D eigenvalue weighted by Gasteiger charge is 2.24. The van der Waals surface area contributed by atoms with Crippen LogP contribution >= 0.6 is 0 Å². The van der Waals surface area contributed by atoms with Gasteiger partial charge >= 0.3 is 0 Å².